The SMILES string of the molecule is CCNCc1cc(Cl)ccc1SC1COC1. The normalized spacial score (nSPS) is 16.1. The van der Waals surface area contributed by atoms with Crippen LogP contribution in [0.2, 0.25) is 5.02 Å². The number of thioether (sulfide) groups is 1. The standard InChI is InChI=1S/C12H16ClNOS/c1-2-14-6-9-5-10(13)3-4-12(9)16-11-7-15-8-11/h3-5,11,14H,2,6-8H2,1H3. The van der Waals surface area contributed by atoms with Gasteiger partial charge in [0.05, 0.1) is 18.5 Å². The third-order valence-electron chi connectivity index (χ3n) is 2.49. The molecule has 2 rings (SSSR count). The van der Waals surface area contributed by atoms with E-state index < -0.39 is 0 Å². The molecule has 0 atom stereocenters. The average Bonchev–Trinajstić information content (AvgIpc) is 2.22. The van der Waals surface area contributed by atoms with Crippen LogP contribution >= 0.6 is 23.4 Å². The Balaban J connectivity index is 2.07. The Morgan fingerprint density at radius 1 is 1.50 bits per heavy atom. The van der Waals surface area contributed by atoms with Gasteiger partial charge < -0.3 is 10.1 Å². The second kappa shape index (κ2) is 5.92. The zero-order valence-corrected chi connectivity index (χ0v) is 10.9. The Bertz CT molecular complexity index is 355. The van der Waals surface area contributed by atoms with E-state index in [-0.39, 0.29) is 0 Å². The van der Waals surface area contributed by atoms with E-state index in [1.165, 1.54) is 10.5 Å². The molecule has 0 aromatic heterocycles. The molecule has 1 fully saturated rings. The smallest absolute Gasteiger partial charge is 0.0611 e. The van der Waals surface area contributed by atoms with Crippen LogP contribution in [0.15, 0.2) is 23.1 Å². The number of halogens is 1. The molecule has 1 aromatic carbocycles. The van der Waals surface area contributed by atoms with Gasteiger partial charge in [0.25, 0.3) is 0 Å². The first-order chi connectivity index (χ1) is 7.79. The van der Waals surface area contributed by atoms with Crippen molar-refractivity contribution in [2.24, 2.45) is 0 Å². The van der Waals surface area contributed by atoms with E-state index in [0.29, 0.717) is 5.25 Å². The molecule has 0 saturated carbocycles. The molecule has 0 aliphatic carbocycles. The number of hydrogen-bond donors (Lipinski definition) is 1. The topological polar surface area (TPSA) is 21.3 Å². The molecule has 16 heavy (non-hydrogen) atoms. The molecule has 1 saturated heterocycles. The first-order valence-electron chi connectivity index (χ1n) is 5.53. The lowest BCUT2D eigenvalue weighted by atomic mass is 10.2. The molecule has 1 N–H and O–H groups in total. The zero-order valence-electron chi connectivity index (χ0n) is 9.33. The van der Waals surface area contributed by atoms with Crippen LogP contribution in [0, 0.1) is 0 Å². The molecule has 1 aliphatic rings. The van der Waals surface area contributed by atoms with Crippen LogP contribution < -0.4 is 5.32 Å². The van der Waals surface area contributed by atoms with E-state index in [1.54, 1.807) is 0 Å². The van der Waals surface area contributed by atoms with Crippen LogP contribution in [-0.2, 0) is 11.3 Å². The maximum atomic E-state index is 6.02. The molecule has 1 aliphatic heterocycles. The number of benzene rings is 1. The first-order valence-corrected chi connectivity index (χ1v) is 6.79. The van der Waals surface area contributed by atoms with E-state index in [9.17, 15) is 0 Å². The molecule has 88 valence electrons. The lowest BCUT2D eigenvalue weighted by Gasteiger charge is -2.26. The Morgan fingerprint density at radius 3 is 2.94 bits per heavy atom. The fraction of sp³-hybridized carbons (Fsp3) is 0.500. The first kappa shape index (κ1) is 12.2. The minimum absolute atomic E-state index is 0.613. The molecule has 1 aromatic rings. The van der Waals surface area contributed by atoms with Gasteiger partial charge in [-0.25, -0.2) is 0 Å². The second-order valence-electron chi connectivity index (χ2n) is 3.81. The summed E-state index contributed by atoms with van der Waals surface area (Å²) >= 11 is 7.91. The van der Waals surface area contributed by atoms with E-state index in [4.69, 9.17) is 16.3 Å². The molecule has 0 unspecified atom stereocenters. The van der Waals surface area contributed by atoms with Gasteiger partial charge in [-0.15, -0.1) is 11.8 Å². The maximum Gasteiger partial charge on any atom is 0.0611 e. The maximum absolute atomic E-state index is 6.02. The quantitative estimate of drug-likeness (QED) is 0.876. The third-order valence-corrected chi connectivity index (χ3v) is 3.98. The number of nitrogens with one attached hydrogen (secondary N) is 1. The predicted molar refractivity (Wildman–Crippen MR) is 69.3 cm³/mol. The summed E-state index contributed by atoms with van der Waals surface area (Å²) in [7, 11) is 0. The highest BCUT2D eigenvalue weighted by molar-refractivity contribution is 8.00. The van der Waals surface area contributed by atoms with Gasteiger partial charge in [0.2, 0.25) is 0 Å². The van der Waals surface area contributed by atoms with Gasteiger partial charge in [0, 0.05) is 16.5 Å². The van der Waals surface area contributed by atoms with Crippen molar-refractivity contribution in [1.82, 2.24) is 5.32 Å². The van der Waals surface area contributed by atoms with Crippen LogP contribution in [0.1, 0.15) is 12.5 Å². The fourth-order valence-electron chi connectivity index (χ4n) is 1.52. The van der Waals surface area contributed by atoms with Crippen LogP contribution in [0.4, 0.5) is 0 Å². The van der Waals surface area contributed by atoms with Crippen molar-refractivity contribution in [3.8, 4) is 0 Å². The Morgan fingerprint density at radius 2 is 2.31 bits per heavy atom. The predicted octanol–water partition coefficient (Wildman–Crippen LogP) is 2.94. The highest BCUT2D eigenvalue weighted by Crippen LogP contribution is 2.32. The minimum Gasteiger partial charge on any atom is -0.379 e. The van der Waals surface area contributed by atoms with E-state index in [0.717, 1.165) is 31.3 Å². The Labute approximate surface area is 106 Å². The van der Waals surface area contributed by atoms with E-state index in [1.807, 2.05) is 23.9 Å². The largest absolute Gasteiger partial charge is 0.379 e. The van der Waals surface area contributed by atoms with E-state index >= 15 is 0 Å². The van der Waals surface area contributed by atoms with Gasteiger partial charge in [-0.2, -0.15) is 0 Å². The lowest BCUT2D eigenvalue weighted by molar-refractivity contribution is 0.0455. The number of hydrogen-bond acceptors (Lipinski definition) is 3. The van der Waals surface area contributed by atoms with Gasteiger partial charge in [-0.1, -0.05) is 18.5 Å². The summed E-state index contributed by atoms with van der Waals surface area (Å²) in [5, 5.41) is 4.76. The minimum atomic E-state index is 0.613. The van der Waals surface area contributed by atoms with Gasteiger partial charge in [-0.3, -0.25) is 0 Å². The van der Waals surface area contributed by atoms with Gasteiger partial charge in [0.15, 0.2) is 0 Å². The van der Waals surface area contributed by atoms with Crippen LogP contribution in [0.25, 0.3) is 0 Å². The number of rotatable bonds is 5. The summed E-state index contributed by atoms with van der Waals surface area (Å²) in [5.74, 6) is 0. The molecule has 4 heteroatoms. The molecule has 0 bridgehead atoms. The van der Waals surface area contributed by atoms with Crippen molar-refractivity contribution in [3.63, 3.8) is 0 Å². The highest BCUT2D eigenvalue weighted by atomic mass is 35.5. The molecule has 0 amide bonds. The van der Waals surface area contributed by atoms with Gasteiger partial charge >= 0.3 is 0 Å². The Kier molecular flexibility index (Phi) is 4.53. The zero-order chi connectivity index (χ0) is 11.4. The number of ether oxygens (including phenoxy) is 1. The van der Waals surface area contributed by atoms with Crippen molar-refractivity contribution >= 4 is 23.4 Å². The van der Waals surface area contributed by atoms with Crippen molar-refractivity contribution in [2.45, 2.75) is 23.6 Å². The molecular weight excluding hydrogens is 242 g/mol. The van der Waals surface area contributed by atoms with Crippen molar-refractivity contribution in [2.75, 3.05) is 19.8 Å². The van der Waals surface area contributed by atoms with Gasteiger partial charge in [-0.05, 0) is 30.3 Å². The molecule has 2 nitrogen and oxygen atoms in total. The fourth-order valence-corrected chi connectivity index (χ4v) is 2.83. The Hall–Kier alpha value is -0.220. The molecule has 0 spiro atoms. The molecular formula is C12H16ClNOS. The highest BCUT2D eigenvalue weighted by Gasteiger charge is 2.20. The summed E-state index contributed by atoms with van der Waals surface area (Å²) in [6, 6.07) is 6.11. The summed E-state index contributed by atoms with van der Waals surface area (Å²) in [5.41, 5.74) is 1.28. The average molecular weight is 258 g/mol. The van der Waals surface area contributed by atoms with Crippen LogP contribution in [-0.4, -0.2) is 25.0 Å². The van der Waals surface area contributed by atoms with Crippen molar-refractivity contribution in [1.29, 1.82) is 0 Å². The van der Waals surface area contributed by atoms with Gasteiger partial charge in [0.1, 0.15) is 0 Å². The summed E-state index contributed by atoms with van der Waals surface area (Å²) < 4.78 is 5.19. The van der Waals surface area contributed by atoms with Crippen molar-refractivity contribution in [3.05, 3.63) is 28.8 Å². The monoisotopic (exact) mass is 257 g/mol. The lowest BCUT2D eigenvalue weighted by Crippen LogP contribution is -2.30. The van der Waals surface area contributed by atoms with Crippen LogP contribution in [0.3, 0.4) is 0 Å². The third kappa shape index (κ3) is 3.14. The molecule has 0 radical (unpaired) electrons. The van der Waals surface area contributed by atoms with E-state index in [2.05, 4.69) is 18.3 Å². The summed E-state index contributed by atoms with van der Waals surface area (Å²) in [4.78, 5) is 1.32. The van der Waals surface area contributed by atoms with Crippen molar-refractivity contribution < 1.29 is 4.74 Å². The molecule has 1 heterocycles. The summed E-state index contributed by atoms with van der Waals surface area (Å²) in [6.45, 7) is 5.70. The summed E-state index contributed by atoms with van der Waals surface area (Å²) in [6.07, 6.45) is 0. The van der Waals surface area contributed by atoms with Crippen LogP contribution in [0.5, 0.6) is 0 Å². The second-order valence-corrected chi connectivity index (χ2v) is 5.59.